The first kappa shape index (κ1) is 18.2. The molecule has 28 heavy (non-hydrogen) atoms. The fraction of sp³-hybridized carbons (Fsp3) is 0.278. The summed E-state index contributed by atoms with van der Waals surface area (Å²) in [7, 11) is 0. The summed E-state index contributed by atoms with van der Waals surface area (Å²) in [6.07, 6.45) is -3.19. The van der Waals surface area contributed by atoms with Crippen molar-refractivity contribution in [3.05, 3.63) is 52.6 Å². The van der Waals surface area contributed by atoms with Gasteiger partial charge in [0.15, 0.2) is 0 Å². The predicted octanol–water partition coefficient (Wildman–Crippen LogP) is 2.92. The minimum Gasteiger partial charge on any atom is -0.378 e. The van der Waals surface area contributed by atoms with Crippen LogP contribution >= 0.6 is 0 Å². The summed E-state index contributed by atoms with van der Waals surface area (Å²) in [5.41, 5.74) is -0.653. The Kier molecular flexibility index (Phi) is 4.63. The zero-order chi connectivity index (χ0) is 19.7. The number of benzene rings is 1. The van der Waals surface area contributed by atoms with Crippen LogP contribution in [0.3, 0.4) is 0 Å². The number of morpholine rings is 1. The van der Waals surface area contributed by atoms with E-state index in [-0.39, 0.29) is 16.9 Å². The van der Waals surface area contributed by atoms with E-state index in [9.17, 15) is 18.0 Å². The van der Waals surface area contributed by atoms with Crippen LogP contribution in [0.5, 0.6) is 0 Å². The quantitative estimate of drug-likeness (QED) is 0.714. The number of H-pyrrole nitrogens is 1. The van der Waals surface area contributed by atoms with Crippen molar-refractivity contribution in [3.63, 3.8) is 0 Å². The van der Waals surface area contributed by atoms with E-state index in [2.05, 4.69) is 20.3 Å². The number of anilines is 3. The summed E-state index contributed by atoms with van der Waals surface area (Å²) >= 11 is 0. The molecule has 4 rings (SSSR count). The van der Waals surface area contributed by atoms with Gasteiger partial charge in [-0.05, 0) is 18.2 Å². The van der Waals surface area contributed by atoms with Crippen LogP contribution in [0.2, 0.25) is 0 Å². The van der Waals surface area contributed by atoms with Gasteiger partial charge < -0.3 is 19.9 Å². The molecule has 0 radical (unpaired) electrons. The number of halogens is 3. The van der Waals surface area contributed by atoms with Crippen LogP contribution in [0.4, 0.5) is 30.5 Å². The highest BCUT2D eigenvalue weighted by molar-refractivity contribution is 5.92. The Morgan fingerprint density at radius 1 is 1.18 bits per heavy atom. The van der Waals surface area contributed by atoms with Crippen molar-refractivity contribution in [1.82, 2.24) is 15.0 Å². The summed E-state index contributed by atoms with van der Waals surface area (Å²) in [6, 6.07) is 6.41. The lowest BCUT2D eigenvalue weighted by Gasteiger charge is -2.28. The van der Waals surface area contributed by atoms with Gasteiger partial charge >= 0.3 is 6.18 Å². The lowest BCUT2D eigenvalue weighted by molar-refractivity contribution is -0.137. The van der Waals surface area contributed by atoms with E-state index in [1.54, 1.807) is 6.07 Å². The number of hydrogen-bond donors (Lipinski definition) is 2. The maximum atomic E-state index is 13.0. The van der Waals surface area contributed by atoms with E-state index in [0.29, 0.717) is 37.6 Å². The molecule has 7 nitrogen and oxygen atoms in total. The van der Waals surface area contributed by atoms with Gasteiger partial charge in [-0.2, -0.15) is 13.2 Å². The molecule has 3 aromatic rings. The van der Waals surface area contributed by atoms with E-state index in [1.165, 1.54) is 18.5 Å². The maximum Gasteiger partial charge on any atom is 0.416 e. The second-order valence-electron chi connectivity index (χ2n) is 6.26. The Hall–Kier alpha value is -3.14. The van der Waals surface area contributed by atoms with Gasteiger partial charge in [-0.25, -0.2) is 9.97 Å². The van der Waals surface area contributed by atoms with Crippen molar-refractivity contribution in [2.45, 2.75) is 6.18 Å². The highest BCUT2D eigenvalue weighted by atomic mass is 19.4. The number of rotatable bonds is 3. The molecule has 1 aliphatic heterocycles. The molecule has 0 unspecified atom stereocenters. The summed E-state index contributed by atoms with van der Waals surface area (Å²) in [5.74, 6) is 0.719. The van der Waals surface area contributed by atoms with Crippen molar-refractivity contribution in [2.24, 2.45) is 0 Å². The van der Waals surface area contributed by atoms with Gasteiger partial charge in [0, 0.05) is 24.8 Å². The monoisotopic (exact) mass is 391 g/mol. The number of alkyl halides is 3. The van der Waals surface area contributed by atoms with Crippen LogP contribution in [0.15, 0.2) is 41.5 Å². The van der Waals surface area contributed by atoms with Gasteiger partial charge in [-0.3, -0.25) is 4.79 Å². The largest absolute Gasteiger partial charge is 0.416 e. The highest BCUT2D eigenvalue weighted by Gasteiger charge is 2.30. The summed E-state index contributed by atoms with van der Waals surface area (Å²) in [4.78, 5) is 25.4. The molecular formula is C18H16F3N5O2. The minimum absolute atomic E-state index is 0.146. The van der Waals surface area contributed by atoms with Crippen molar-refractivity contribution in [2.75, 3.05) is 36.5 Å². The van der Waals surface area contributed by atoms with Crippen LogP contribution in [0.25, 0.3) is 10.9 Å². The van der Waals surface area contributed by atoms with Crippen molar-refractivity contribution in [1.29, 1.82) is 0 Å². The smallest absolute Gasteiger partial charge is 0.378 e. The topological polar surface area (TPSA) is 83.1 Å². The lowest BCUT2D eigenvalue weighted by Crippen LogP contribution is -2.36. The van der Waals surface area contributed by atoms with Crippen LogP contribution in [0, 0.1) is 0 Å². The van der Waals surface area contributed by atoms with Gasteiger partial charge in [-0.15, -0.1) is 0 Å². The molecule has 1 aliphatic rings. The molecular weight excluding hydrogens is 375 g/mol. The van der Waals surface area contributed by atoms with E-state index in [0.717, 1.165) is 12.1 Å². The van der Waals surface area contributed by atoms with Crippen molar-refractivity contribution in [3.8, 4) is 0 Å². The van der Waals surface area contributed by atoms with E-state index in [4.69, 9.17) is 4.74 Å². The first-order valence-electron chi connectivity index (χ1n) is 8.57. The molecule has 0 atom stereocenters. The molecule has 0 bridgehead atoms. The van der Waals surface area contributed by atoms with Gasteiger partial charge in [0.25, 0.3) is 5.56 Å². The molecule has 10 heteroatoms. The van der Waals surface area contributed by atoms with Gasteiger partial charge in [0.2, 0.25) is 0 Å². The van der Waals surface area contributed by atoms with Crippen molar-refractivity contribution >= 4 is 28.2 Å². The molecule has 0 aliphatic carbocycles. The fourth-order valence-electron chi connectivity index (χ4n) is 3.03. The third kappa shape index (κ3) is 3.63. The summed E-state index contributed by atoms with van der Waals surface area (Å²) in [6.45, 7) is 2.31. The normalized spacial score (nSPS) is 15.0. The molecule has 2 N–H and O–H groups in total. The van der Waals surface area contributed by atoms with Crippen LogP contribution in [-0.4, -0.2) is 41.3 Å². The number of hydrogen-bond acceptors (Lipinski definition) is 6. The molecule has 0 amide bonds. The van der Waals surface area contributed by atoms with E-state index < -0.39 is 17.3 Å². The Bertz CT molecular complexity index is 1060. The predicted molar refractivity (Wildman–Crippen MR) is 97.9 cm³/mol. The van der Waals surface area contributed by atoms with Gasteiger partial charge in [0.1, 0.15) is 17.0 Å². The number of pyridine rings is 1. The number of nitrogens with one attached hydrogen (secondary N) is 2. The average molecular weight is 391 g/mol. The molecule has 1 saturated heterocycles. The van der Waals surface area contributed by atoms with E-state index >= 15 is 0 Å². The molecule has 146 valence electrons. The number of nitrogens with zero attached hydrogens (tertiary/aromatic N) is 3. The maximum absolute atomic E-state index is 13.0. The first-order chi connectivity index (χ1) is 13.4. The van der Waals surface area contributed by atoms with E-state index in [1.807, 2.05) is 4.90 Å². The number of aromatic nitrogens is 3. The highest BCUT2D eigenvalue weighted by Crippen LogP contribution is 2.32. The fourth-order valence-corrected chi connectivity index (χ4v) is 3.03. The zero-order valence-corrected chi connectivity index (χ0v) is 14.6. The van der Waals surface area contributed by atoms with Gasteiger partial charge in [-0.1, -0.05) is 6.07 Å². The van der Waals surface area contributed by atoms with Crippen LogP contribution < -0.4 is 15.8 Å². The minimum atomic E-state index is -4.47. The number of ether oxygens (including phenoxy) is 1. The standard InChI is InChI=1S/C18H16F3N5O2/c19-18(20,21)11-2-1-3-12(8-11)24-16-15-13(22-10-23-17(15)27)9-14(25-16)26-4-6-28-7-5-26/h1-3,8-10H,4-7H2,(H,24,25)(H,22,23,27). The Morgan fingerprint density at radius 2 is 1.96 bits per heavy atom. The second kappa shape index (κ2) is 7.12. The third-order valence-corrected chi connectivity index (χ3v) is 4.40. The summed E-state index contributed by atoms with van der Waals surface area (Å²) in [5, 5.41) is 3.03. The average Bonchev–Trinajstić information content (AvgIpc) is 2.68. The third-order valence-electron chi connectivity index (χ3n) is 4.40. The van der Waals surface area contributed by atoms with Gasteiger partial charge in [0.05, 0.1) is 30.6 Å². The molecule has 0 spiro atoms. The van der Waals surface area contributed by atoms with Crippen LogP contribution in [0.1, 0.15) is 5.56 Å². The first-order valence-corrected chi connectivity index (χ1v) is 8.57. The zero-order valence-electron chi connectivity index (χ0n) is 14.6. The second-order valence-corrected chi connectivity index (χ2v) is 6.26. The molecule has 0 saturated carbocycles. The molecule has 1 aromatic carbocycles. The molecule has 3 heterocycles. The Morgan fingerprint density at radius 3 is 2.71 bits per heavy atom. The van der Waals surface area contributed by atoms with Crippen LogP contribution in [-0.2, 0) is 10.9 Å². The Balaban J connectivity index is 1.80. The Labute approximate surface area is 157 Å². The molecule has 1 fully saturated rings. The lowest BCUT2D eigenvalue weighted by atomic mass is 10.2. The van der Waals surface area contributed by atoms with Crippen molar-refractivity contribution < 1.29 is 17.9 Å². The SMILES string of the molecule is O=c1[nH]cnc2cc(N3CCOCC3)nc(Nc3cccc(C(F)(F)F)c3)c12. The number of fused-ring (bicyclic) bond motifs is 1. The molecule has 2 aromatic heterocycles. The number of aromatic amines is 1. The summed E-state index contributed by atoms with van der Waals surface area (Å²) < 4.78 is 44.3.